The highest BCUT2D eigenvalue weighted by Crippen LogP contribution is 2.13. The van der Waals surface area contributed by atoms with Crippen molar-refractivity contribution in [2.24, 2.45) is 0 Å². The van der Waals surface area contributed by atoms with Gasteiger partial charge in [-0.05, 0) is 42.7 Å². The van der Waals surface area contributed by atoms with Gasteiger partial charge >= 0.3 is 11.9 Å². The van der Waals surface area contributed by atoms with Crippen LogP contribution in [0.15, 0.2) is 54.6 Å². The van der Waals surface area contributed by atoms with Gasteiger partial charge in [0, 0.05) is 5.69 Å². The number of aryl methyl sites for hydroxylation is 1. The van der Waals surface area contributed by atoms with Gasteiger partial charge in [-0.15, -0.1) is 0 Å². The van der Waals surface area contributed by atoms with Crippen molar-refractivity contribution in [2.75, 3.05) is 18.9 Å². The molecule has 28 heavy (non-hydrogen) atoms. The number of esters is 2. The summed E-state index contributed by atoms with van der Waals surface area (Å²) in [5, 5.41) is 0. The predicted molar refractivity (Wildman–Crippen MR) is 104 cm³/mol. The maximum Gasteiger partial charge on any atom is 0.337 e. The summed E-state index contributed by atoms with van der Waals surface area (Å²) in [5.74, 6) is -1.21. The van der Waals surface area contributed by atoms with Crippen LogP contribution in [0.3, 0.4) is 0 Å². The Bertz CT molecular complexity index is 898. The largest absolute Gasteiger partial charge is 0.468 e. The highest BCUT2D eigenvalue weighted by atomic mass is 32.2. The number of ether oxygens (including phenoxy) is 2. The summed E-state index contributed by atoms with van der Waals surface area (Å²) in [5.41, 5.74) is 1.49. The number of rotatable bonds is 9. The Morgan fingerprint density at radius 1 is 0.964 bits per heavy atom. The van der Waals surface area contributed by atoms with Gasteiger partial charge in [0.15, 0.2) is 0 Å². The van der Waals surface area contributed by atoms with Crippen molar-refractivity contribution in [3.05, 3.63) is 65.7 Å². The molecule has 8 nitrogen and oxygen atoms in total. The van der Waals surface area contributed by atoms with Gasteiger partial charge < -0.3 is 9.47 Å². The molecule has 0 unspecified atom stereocenters. The summed E-state index contributed by atoms with van der Waals surface area (Å²) in [6.45, 7) is 0. The lowest BCUT2D eigenvalue weighted by atomic mass is 10.1. The summed E-state index contributed by atoms with van der Waals surface area (Å²) < 4.78 is 38.7. The van der Waals surface area contributed by atoms with Crippen LogP contribution in [0.2, 0.25) is 0 Å². The lowest BCUT2D eigenvalue weighted by Gasteiger charge is -2.17. The van der Waals surface area contributed by atoms with E-state index in [0.29, 0.717) is 6.42 Å². The Hall–Kier alpha value is -2.91. The molecule has 1 atom stereocenters. The van der Waals surface area contributed by atoms with E-state index in [9.17, 15) is 18.0 Å². The van der Waals surface area contributed by atoms with Gasteiger partial charge in [0.1, 0.15) is 6.04 Å². The smallest absolute Gasteiger partial charge is 0.337 e. The maximum absolute atomic E-state index is 12.4. The second-order valence-corrected chi connectivity index (χ2v) is 7.34. The molecule has 0 fully saturated rings. The standard InChI is InChI=1S/C19H22N2O6S/c1-26-18(22)15-9-11-16(12-10-15)20-28(24,25)21-17(19(23)27-2)13-8-14-6-4-3-5-7-14/h3-7,9-12,17,20-21H,8,13H2,1-2H3/t17-/m0/s1. The molecular formula is C19H22N2O6S. The van der Waals surface area contributed by atoms with Crippen molar-refractivity contribution in [3.8, 4) is 0 Å². The lowest BCUT2D eigenvalue weighted by Crippen LogP contribution is -2.44. The molecule has 0 heterocycles. The summed E-state index contributed by atoms with van der Waals surface area (Å²) in [4.78, 5) is 23.4. The molecule has 2 aromatic rings. The van der Waals surface area contributed by atoms with E-state index in [1.54, 1.807) is 0 Å². The molecule has 9 heteroatoms. The molecule has 150 valence electrons. The number of carbonyl (C=O) groups excluding carboxylic acids is 2. The Kier molecular flexibility index (Phi) is 7.53. The second kappa shape index (κ2) is 9.86. The first kappa shape index (κ1) is 21.4. The van der Waals surface area contributed by atoms with Gasteiger partial charge in [-0.25, -0.2) is 4.79 Å². The minimum absolute atomic E-state index is 0.229. The van der Waals surface area contributed by atoms with Crippen LogP contribution in [0.25, 0.3) is 0 Å². The molecule has 0 aliphatic carbocycles. The third-order valence-electron chi connectivity index (χ3n) is 3.91. The van der Waals surface area contributed by atoms with Crippen molar-refractivity contribution in [1.82, 2.24) is 4.72 Å². The van der Waals surface area contributed by atoms with E-state index >= 15 is 0 Å². The van der Waals surface area contributed by atoms with Gasteiger partial charge in [0.2, 0.25) is 0 Å². The fraction of sp³-hybridized carbons (Fsp3) is 0.263. The van der Waals surface area contributed by atoms with E-state index in [4.69, 9.17) is 4.74 Å². The molecule has 0 spiro atoms. The number of nitrogens with one attached hydrogen (secondary N) is 2. The van der Waals surface area contributed by atoms with E-state index < -0.39 is 28.2 Å². The number of carbonyl (C=O) groups is 2. The van der Waals surface area contributed by atoms with Crippen LogP contribution in [0, 0.1) is 0 Å². The van der Waals surface area contributed by atoms with Crippen LogP contribution in [-0.2, 0) is 30.9 Å². The normalized spacial score (nSPS) is 12.1. The molecule has 0 saturated heterocycles. The number of anilines is 1. The summed E-state index contributed by atoms with van der Waals surface area (Å²) in [7, 11) is -1.59. The zero-order chi connectivity index (χ0) is 20.6. The predicted octanol–water partition coefficient (Wildman–Crippen LogP) is 1.89. The van der Waals surface area contributed by atoms with Crippen molar-refractivity contribution in [2.45, 2.75) is 18.9 Å². The van der Waals surface area contributed by atoms with E-state index in [-0.39, 0.29) is 17.7 Å². The van der Waals surface area contributed by atoms with Gasteiger partial charge in [-0.3, -0.25) is 9.52 Å². The zero-order valence-electron chi connectivity index (χ0n) is 15.5. The molecule has 0 amide bonds. The molecule has 0 aliphatic heterocycles. The van der Waals surface area contributed by atoms with Crippen LogP contribution in [0.1, 0.15) is 22.3 Å². The first-order valence-corrected chi connectivity index (χ1v) is 9.93. The fourth-order valence-corrected chi connectivity index (χ4v) is 3.58. The Morgan fingerprint density at radius 3 is 2.18 bits per heavy atom. The van der Waals surface area contributed by atoms with E-state index in [1.807, 2.05) is 30.3 Å². The van der Waals surface area contributed by atoms with Crippen molar-refractivity contribution < 1.29 is 27.5 Å². The average Bonchev–Trinajstić information content (AvgIpc) is 2.70. The van der Waals surface area contributed by atoms with E-state index in [2.05, 4.69) is 14.2 Å². The molecule has 2 aromatic carbocycles. The number of hydrogen-bond acceptors (Lipinski definition) is 6. The Balaban J connectivity index is 2.04. The fourth-order valence-electron chi connectivity index (χ4n) is 2.49. The third kappa shape index (κ3) is 6.36. The second-order valence-electron chi connectivity index (χ2n) is 5.89. The van der Waals surface area contributed by atoms with Gasteiger partial charge in [0.25, 0.3) is 10.2 Å². The third-order valence-corrected chi connectivity index (χ3v) is 5.01. The number of methoxy groups -OCH3 is 2. The number of hydrogen-bond donors (Lipinski definition) is 2. The van der Waals surface area contributed by atoms with Crippen molar-refractivity contribution >= 4 is 27.8 Å². The quantitative estimate of drug-likeness (QED) is 0.616. The molecule has 0 aliphatic rings. The molecule has 0 saturated carbocycles. The Morgan fingerprint density at radius 2 is 1.61 bits per heavy atom. The van der Waals surface area contributed by atoms with Crippen LogP contribution in [0.5, 0.6) is 0 Å². The molecule has 0 radical (unpaired) electrons. The van der Waals surface area contributed by atoms with Gasteiger partial charge in [0.05, 0.1) is 19.8 Å². The molecule has 2 rings (SSSR count). The first-order valence-electron chi connectivity index (χ1n) is 8.45. The van der Waals surface area contributed by atoms with Gasteiger partial charge in [-0.1, -0.05) is 30.3 Å². The average molecular weight is 406 g/mol. The summed E-state index contributed by atoms with van der Waals surface area (Å²) in [6.07, 6.45) is 0.732. The maximum atomic E-state index is 12.4. The molecule has 2 N–H and O–H groups in total. The lowest BCUT2D eigenvalue weighted by molar-refractivity contribution is -0.142. The Labute approximate surface area is 164 Å². The molecule has 0 aromatic heterocycles. The topological polar surface area (TPSA) is 111 Å². The SMILES string of the molecule is COC(=O)c1ccc(NS(=O)(=O)N[C@@H](CCc2ccccc2)C(=O)OC)cc1. The van der Waals surface area contributed by atoms with Crippen LogP contribution < -0.4 is 9.44 Å². The minimum Gasteiger partial charge on any atom is -0.468 e. The summed E-state index contributed by atoms with van der Waals surface area (Å²) >= 11 is 0. The highest BCUT2D eigenvalue weighted by Gasteiger charge is 2.25. The number of benzene rings is 2. The van der Waals surface area contributed by atoms with Crippen LogP contribution in [0.4, 0.5) is 5.69 Å². The zero-order valence-corrected chi connectivity index (χ0v) is 16.4. The first-order chi connectivity index (χ1) is 13.3. The van der Waals surface area contributed by atoms with Gasteiger partial charge in [-0.2, -0.15) is 13.1 Å². The highest BCUT2D eigenvalue weighted by molar-refractivity contribution is 7.90. The molecule has 0 bridgehead atoms. The van der Waals surface area contributed by atoms with Crippen molar-refractivity contribution in [1.29, 1.82) is 0 Å². The summed E-state index contributed by atoms with van der Waals surface area (Å²) in [6, 6.07) is 14.0. The molecular weight excluding hydrogens is 384 g/mol. The van der Waals surface area contributed by atoms with E-state index in [0.717, 1.165) is 5.56 Å². The van der Waals surface area contributed by atoms with Crippen LogP contribution in [-0.4, -0.2) is 40.6 Å². The van der Waals surface area contributed by atoms with E-state index in [1.165, 1.54) is 38.5 Å². The monoisotopic (exact) mass is 406 g/mol. The minimum atomic E-state index is -4.05. The van der Waals surface area contributed by atoms with Crippen LogP contribution >= 0.6 is 0 Å². The van der Waals surface area contributed by atoms with Crippen molar-refractivity contribution in [3.63, 3.8) is 0 Å².